The van der Waals surface area contributed by atoms with Crippen molar-refractivity contribution in [2.45, 2.75) is 145 Å². The summed E-state index contributed by atoms with van der Waals surface area (Å²) >= 11 is 0. The molecule has 0 fully saturated rings. The Morgan fingerprint density at radius 3 is 1.32 bits per heavy atom. The summed E-state index contributed by atoms with van der Waals surface area (Å²) in [5.74, 6) is 2.06. The van der Waals surface area contributed by atoms with Crippen LogP contribution in [0.25, 0.3) is 110 Å². The van der Waals surface area contributed by atoms with Crippen molar-refractivity contribution in [3.05, 3.63) is 222 Å². The van der Waals surface area contributed by atoms with Gasteiger partial charge in [-0.25, -0.2) is 0 Å². The Hall–Kier alpha value is -7.01. The van der Waals surface area contributed by atoms with Crippen molar-refractivity contribution in [3.63, 3.8) is 0 Å². The van der Waals surface area contributed by atoms with Crippen LogP contribution in [-0.4, -0.2) is 52.5 Å². The number of aromatic nitrogens is 11. The quantitative estimate of drug-likeness (QED) is 0.139. The Balaban J connectivity index is 0.000000146. The normalized spacial score (nSPS) is 12.2. The molecule has 0 amide bonds. The first-order chi connectivity index (χ1) is 42.6. The summed E-state index contributed by atoms with van der Waals surface area (Å²) in [4.78, 5) is 34.2. The number of aryl methyl sites for hydroxylation is 2. The number of hydrogen-bond donors (Lipinski definition) is 0. The van der Waals surface area contributed by atoms with Gasteiger partial charge in [-0.2, -0.15) is 0 Å². The molecule has 94 heavy (non-hydrogen) atoms. The summed E-state index contributed by atoms with van der Waals surface area (Å²) in [6, 6.07) is 65.3. The van der Waals surface area contributed by atoms with Crippen LogP contribution in [0.3, 0.4) is 0 Å². The van der Waals surface area contributed by atoms with Gasteiger partial charge in [0.15, 0.2) is 0 Å². The van der Waals surface area contributed by atoms with Crippen LogP contribution in [0.4, 0.5) is 0 Å². The van der Waals surface area contributed by atoms with Crippen molar-refractivity contribution >= 4 is 110 Å². The van der Waals surface area contributed by atoms with E-state index in [4.69, 9.17) is 34.9 Å². The Morgan fingerprint density at radius 1 is 0.330 bits per heavy atom. The van der Waals surface area contributed by atoms with E-state index in [2.05, 4.69) is 251 Å². The van der Waals surface area contributed by atoms with Crippen LogP contribution >= 0.6 is 0 Å². The third kappa shape index (κ3) is 13.2. The topological polar surface area (TPSA) is 108 Å². The van der Waals surface area contributed by atoms with Gasteiger partial charge in [0.05, 0.1) is 66.7 Å². The number of nitrogens with zero attached hydrogens (tertiary/aromatic N) is 11. The third-order valence-electron chi connectivity index (χ3n) is 16.9. The Bertz CT molecular complexity index is 5340. The average Bonchev–Trinajstić information content (AvgIpc) is 1.82. The second-order valence-corrected chi connectivity index (χ2v) is 29.1. The maximum absolute atomic E-state index is 5.06. The largest absolute Gasteiger partial charge is 0.348 e. The molecule has 0 saturated carbocycles. The average molecular weight is 1950 g/mol. The molecule has 0 aliphatic carbocycles. The molecule has 7 aromatic carbocycles. The second-order valence-electron chi connectivity index (χ2n) is 29.1. The Labute approximate surface area is 604 Å². The zero-order valence-corrected chi connectivity index (χ0v) is 65.8. The molecule has 11 nitrogen and oxygen atoms in total. The van der Waals surface area contributed by atoms with Crippen molar-refractivity contribution < 1.29 is 80.4 Å². The first kappa shape index (κ1) is 71.3. The zero-order chi connectivity index (χ0) is 63.6. The number of hydrogen-bond acceptors (Lipinski definition) is 7. The van der Waals surface area contributed by atoms with Crippen LogP contribution in [0, 0.1) is 38.1 Å². The molecule has 16 aromatic rings. The monoisotopic (exact) mass is 1950 g/mol. The van der Waals surface area contributed by atoms with Gasteiger partial charge in [0.2, 0.25) is 0 Å². The van der Waals surface area contributed by atoms with Gasteiger partial charge < -0.3 is 22.6 Å². The van der Waals surface area contributed by atoms with Crippen LogP contribution in [0.1, 0.15) is 144 Å². The fourth-order valence-corrected chi connectivity index (χ4v) is 11.9. The predicted octanol–water partition coefficient (Wildman–Crippen LogP) is 19.0. The summed E-state index contributed by atoms with van der Waals surface area (Å²) in [7, 11) is 0. The number of rotatable bonds is 0. The molecule has 0 N–H and O–H groups in total. The van der Waals surface area contributed by atoms with Gasteiger partial charge >= 0.3 is 0 Å². The van der Waals surface area contributed by atoms with E-state index in [1.807, 2.05) is 66.7 Å². The van der Waals surface area contributed by atoms with Gasteiger partial charge in [-0.1, -0.05) is 169 Å². The number of fused-ring (bicyclic) bond motifs is 20. The van der Waals surface area contributed by atoms with Gasteiger partial charge in [0.25, 0.3) is 0 Å². The number of para-hydroxylation sites is 6. The standard InChI is InChI=1S/C22H24N3.C20H20N3.C19H17N2.C18H16N3.4Ir/c1-21(2,3)14-11-12-15-17(13-14)24-20(22(4,5)6)25-18-10-8-7-9-16(18)23-19(15)25;1-12-10-16-17(11-13(12)2)23-9-8-15-14(19(23)22-16)6-7-18(21-15)20(3,4)5;1-19(2,3)17-12-13-8-4-5-9-14(13)18-20-15-10-6-7-11-16(15)21(17)18;1-18(2,3)17-20-13-9-5-4-8-12(13)16-19-14-10-6-7-11-15(14)21(16)17;;;;/h7-11,13H,1-6H3;7-11H,1-5H3;4-8,10-12H,1-3H3;4-7,9-11H,1-3H3;;;;/q4*-1;;;;. The molecule has 9 heterocycles. The van der Waals surface area contributed by atoms with Crippen LogP contribution < -0.4 is 0 Å². The number of pyridine rings is 3. The first-order valence-electron chi connectivity index (χ1n) is 31.2. The van der Waals surface area contributed by atoms with Crippen LogP contribution in [-0.2, 0) is 107 Å². The molecule has 16 rings (SSSR count). The van der Waals surface area contributed by atoms with Crippen molar-refractivity contribution in [2.24, 2.45) is 0 Å². The van der Waals surface area contributed by atoms with E-state index >= 15 is 0 Å². The van der Waals surface area contributed by atoms with Crippen LogP contribution in [0.2, 0.25) is 0 Å². The fourth-order valence-electron chi connectivity index (χ4n) is 11.9. The summed E-state index contributed by atoms with van der Waals surface area (Å²) in [5.41, 5.74) is 21.3. The molecule has 15 heteroatoms. The minimum absolute atomic E-state index is 0. The molecule has 488 valence electrons. The molecule has 0 aliphatic rings. The number of benzene rings is 7. The van der Waals surface area contributed by atoms with Crippen LogP contribution in [0.15, 0.2) is 158 Å². The molecule has 0 spiro atoms. The number of imidazole rings is 4. The summed E-state index contributed by atoms with van der Waals surface area (Å²) < 4.78 is 8.80. The third-order valence-corrected chi connectivity index (χ3v) is 16.9. The Kier molecular flexibility index (Phi) is 20.1. The molecule has 0 unspecified atom stereocenters. The zero-order valence-electron chi connectivity index (χ0n) is 56.3. The minimum Gasteiger partial charge on any atom is -0.348 e. The van der Waals surface area contributed by atoms with Crippen molar-refractivity contribution in [1.82, 2.24) is 52.5 Å². The molecular formula is C79H77Ir4N11-4. The van der Waals surface area contributed by atoms with Crippen molar-refractivity contribution in [3.8, 4) is 0 Å². The molecule has 0 saturated heterocycles. The first-order valence-corrected chi connectivity index (χ1v) is 31.2. The summed E-state index contributed by atoms with van der Waals surface area (Å²) in [6.07, 6.45) is 2.06. The fraction of sp³-hybridized carbons (Fsp3) is 0.278. The van der Waals surface area contributed by atoms with E-state index in [-0.39, 0.29) is 107 Å². The van der Waals surface area contributed by atoms with E-state index < -0.39 is 0 Å². The van der Waals surface area contributed by atoms with E-state index in [0.717, 1.165) is 122 Å². The van der Waals surface area contributed by atoms with Gasteiger partial charge in [0.1, 0.15) is 11.6 Å². The molecule has 0 bridgehead atoms. The summed E-state index contributed by atoms with van der Waals surface area (Å²) in [6.45, 7) is 37.3. The molecular weight excluding hydrogens is 1870 g/mol. The van der Waals surface area contributed by atoms with E-state index in [1.165, 1.54) is 27.8 Å². The molecule has 9 aromatic heterocycles. The van der Waals surface area contributed by atoms with Crippen molar-refractivity contribution in [2.75, 3.05) is 0 Å². The van der Waals surface area contributed by atoms with Crippen LogP contribution in [0.5, 0.6) is 0 Å². The van der Waals surface area contributed by atoms with E-state index in [1.54, 1.807) is 0 Å². The molecule has 0 atom stereocenters. The van der Waals surface area contributed by atoms with Gasteiger partial charge in [-0.3, -0.25) is 29.9 Å². The van der Waals surface area contributed by atoms with Gasteiger partial charge in [-0.05, 0) is 113 Å². The Morgan fingerprint density at radius 2 is 0.777 bits per heavy atom. The maximum Gasteiger partial charge on any atom is 0.102 e. The smallest absolute Gasteiger partial charge is 0.102 e. The van der Waals surface area contributed by atoms with E-state index in [0.29, 0.717) is 0 Å². The summed E-state index contributed by atoms with van der Waals surface area (Å²) in [5, 5.41) is 5.22. The van der Waals surface area contributed by atoms with Gasteiger partial charge in [0, 0.05) is 102 Å². The van der Waals surface area contributed by atoms with Gasteiger partial charge in [-0.15, -0.1) is 95.2 Å². The SMILES string of the molecule is CC(C)(C)c1c[c-]c2c(c1)nc(C(C)(C)C)n1c3ccccc3nc21.CC(C)(C)c1cc2ccc[c-]c2c2nc3ccccc3n12.CC(C)(C)c1nc2ccc[c-]c2c2nc3ccccc3n12.Cc1cc2nc3c4[c-]cc(C(C)(C)C)nc4ccn3c2cc1C.[Ir].[Ir].[Ir].[Ir]. The molecule has 4 radical (unpaired) electrons. The van der Waals surface area contributed by atoms with E-state index in [9.17, 15) is 0 Å². The minimum atomic E-state index is -0.0896. The predicted molar refractivity (Wildman–Crippen MR) is 373 cm³/mol. The van der Waals surface area contributed by atoms with Crippen molar-refractivity contribution in [1.29, 1.82) is 0 Å². The second kappa shape index (κ2) is 26.5. The maximum atomic E-state index is 5.06. The molecule has 0 aliphatic heterocycles.